The van der Waals surface area contributed by atoms with Gasteiger partial charge < -0.3 is 10.8 Å². The molecule has 1 aliphatic rings. The normalized spacial score (nSPS) is 18.2. The molecular formula is C11H14BrNO. The van der Waals surface area contributed by atoms with Gasteiger partial charge in [0.25, 0.3) is 0 Å². The van der Waals surface area contributed by atoms with Crippen LogP contribution in [0.3, 0.4) is 0 Å². The number of aromatic hydroxyl groups is 1. The minimum absolute atomic E-state index is 0.0617. The second-order valence-electron chi connectivity index (χ2n) is 4.23. The summed E-state index contributed by atoms with van der Waals surface area (Å²) in [5, 5.41) is 9.88. The molecule has 1 saturated carbocycles. The number of hydrogen-bond donors (Lipinski definition) is 2. The number of halogens is 1. The third kappa shape index (κ3) is 1.79. The van der Waals surface area contributed by atoms with Crippen LogP contribution in [0.1, 0.15) is 24.0 Å². The van der Waals surface area contributed by atoms with Gasteiger partial charge >= 0.3 is 0 Å². The number of phenolic OH excluding ortho intramolecular Hbond substituents is 1. The Kier molecular flexibility index (Phi) is 2.32. The quantitative estimate of drug-likeness (QED) is 0.853. The monoisotopic (exact) mass is 255 g/mol. The zero-order valence-corrected chi connectivity index (χ0v) is 9.76. The van der Waals surface area contributed by atoms with Gasteiger partial charge in [-0.05, 0) is 37.8 Å². The number of nitrogens with two attached hydrogens (primary N) is 1. The van der Waals surface area contributed by atoms with Crippen LogP contribution in [0, 0.1) is 6.92 Å². The number of rotatable bonds is 2. The highest BCUT2D eigenvalue weighted by Crippen LogP contribution is 2.40. The minimum atomic E-state index is -0.0617. The Hall–Kier alpha value is -0.540. The minimum Gasteiger partial charge on any atom is -0.507 e. The Bertz CT molecular complexity index is 372. The first-order valence-corrected chi connectivity index (χ1v) is 5.57. The second kappa shape index (κ2) is 3.24. The van der Waals surface area contributed by atoms with Gasteiger partial charge in [-0.3, -0.25) is 0 Å². The molecule has 1 aliphatic carbocycles. The summed E-state index contributed by atoms with van der Waals surface area (Å²) < 4.78 is 0.956. The van der Waals surface area contributed by atoms with Crippen LogP contribution in [0.2, 0.25) is 0 Å². The van der Waals surface area contributed by atoms with Crippen molar-refractivity contribution < 1.29 is 5.11 Å². The van der Waals surface area contributed by atoms with Crippen molar-refractivity contribution in [2.24, 2.45) is 5.73 Å². The fraction of sp³-hybridized carbons (Fsp3) is 0.455. The molecule has 14 heavy (non-hydrogen) atoms. The summed E-state index contributed by atoms with van der Waals surface area (Å²) in [6, 6.07) is 3.87. The highest BCUT2D eigenvalue weighted by Gasteiger charge is 2.39. The average Bonchev–Trinajstić information content (AvgIpc) is 2.86. The lowest BCUT2D eigenvalue weighted by atomic mass is 10.0. The fourth-order valence-corrected chi connectivity index (χ4v) is 2.05. The van der Waals surface area contributed by atoms with Crippen LogP contribution >= 0.6 is 15.9 Å². The molecule has 0 amide bonds. The maximum atomic E-state index is 9.88. The number of hydrogen-bond acceptors (Lipinski definition) is 2. The van der Waals surface area contributed by atoms with Gasteiger partial charge in [0.05, 0.1) is 0 Å². The van der Waals surface area contributed by atoms with Gasteiger partial charge in [0.15, 0.2) is 0 Å². The Balaban J connectivity index is 2.35. The molecule has 0 spiro atoms. The largest absolute Gasteiger partial charge is 0.507 e. The lowest BCUT2D eigenvalue weighted by Crippen LogP contribution is -2.24. The SMILES string of the molecule is Cc1ccc(Br)c(CC2(N)CC2)c1O. The van der Waals surface area contributed by atoms with Crippen LogP contribution in [0.25, 0.3) is 0 Å². The molecule has 0 saturated heterocycles. The zero-order chi connectivity index (χ0) is 10.3. The van der Waals surface area contributed by atoms with E-state index in [-0.39, 0.29) is 5.54 Å². The first-order chi connectivity index (χ1) is 6.52. The van der Waals surface area contributed by atoms with Gasteiger partial charge in [-0.25, -0.2) is 0 Å². The van der Waals surface area contributed by atoms with E-state index in [1.807, 2.05) is 19.1 Å². The first kappa shape index (κ1) is 9.99. The van der Waals surface area contributed by atoms with Crippen molar-refractivity contribution in [2.75, 3.05) is 0 Å². The van der Waals surface area contributed by atoms with Crippen LogP contribution in [0.4, 0.5) is 0 Å². The summed E-state index contributed by atoms with van der Waals surface area (Å²) in [5.41, 5.74) is 7.83. The molecule has 0 heterocycles. The van der Waals surface area contributed by atoms with Crippen LogP contribution < -0.4 is 5.73 Å². The lowest BCUT2D eigenvalue weighted by Gasteiger charge is -2.13. The van der Waals surface area contributed by atoms with E-state index in [2.05, 4.69) is 15.9 Å². The fourth-order valence-electron chi connectivity index (χ4n) is 1.59. The molecule has 0 aliphatic heterocycles. The third-order valence-electron chi connectivity index (χ3n) is 2.85. The summed E-state index contributed by atoms with van der Waals surface area (Å²) >= 11 is 3.45. The predicted molar refractivity (Wildman–Crippen MR) is 60.4 cm³/mol. The molecule has 0 atom stereocenters. The molecule has 1 aromatic carbocycles. The van der Waals surface area contributed by atoms with Gasteiger partial charge in [-0.1, -0.05) is 22.0 Å². The Morgan fingerprint density at radius 1 is 1.50 bits per heavy atom. The molecule has 0 bridgehead atoms. The van der Waals surface area contributed by atoms with E-state index in [1.54, 1.807) is 0 Å². The van der Waals surface area contributed by atoms with E-state index in [0.717, 1.165) is 34.9 Å². The van der Waals surface area contributed by atoms with Gasteiger partial charge in [0.1, 0.15) is 5.75 Å². The van der Waals surface area contributed by atoms with Gasteiger partial charge in [0.2, 0.25) is 0 Å². The van der Waals surface area contributed by atoms with E-state index in [9.17, 15) is 5.11 Å². The van der Waals surface area contributed by atoms with E-state index >= 15 is 0 Å². The molecular weight excluding hydrogens is 242 g/mol. The highest BCUT2D eigenvalue weighted by atomic mass is 79.9. The molecule has 3 heteroatoms. The summed E-state index contributed by atoms with van der Waals surface area (Å²) in [6.07, 6.45) is 2.89. The molecule has 3 N–H and O–H groups in total. The summed E-state index contributed by atoms with van der Waals surface area (Å²) in [7, 11) is 0. The van der Waals surface area contributed by atoms with Gasteiger partial charge in [0, 0.05) is 15.6 Å². The predicted octanol–water partition coefficient (Wildman–Crippen LogP) is 2.50. The highest BCUT2D eigenvalue weighted by molar-refractivity contribution is 9.10. The lowest BCUT2D eigenvalue weighted by molar-refractivity contribution is 0.459. The Morgan fingerprint density at radius 3 is 2.71 bits per heavy atom. The Morgan fingerprint density at radius 2 is 2.14 bits per heavy atom. The van der Waals surface area contributed by atoms with Crippen molar-refractivity contribution in [2.45, 2.75) is 31.7 Å². The van der Waals surface area contributed by atoms with Gasteiger partial charge in [-0.15, -0.1) is 0 Å². The third-order valence-corrected chi connectivity index (χ3v) is 3.59. The van der Waals surface area contributed by atoms with Crippen LogP contribution in [-0.2, 0) is 6.42 Å². The van der Waals surface area contributed by atoms with E-state index in [4.69, 9.17) is 5.73 Å². The topological polar surface area (TPSA) is 46.2 Å². The van der Waals surface area contributed by atoms with Crippen LogP contribution in [0.15, 0.2) is 16.6 Å². The maximum absolute atomic E-state index is 9.88. The second-order valence-corrected chi connectivity index (χ2v) is 5.08. The Labute approximate surface area is 92.3 Å². The zero-order valence-electron chi connectivity index (χ0n) is 8.18. The molecule has 0 radical (unpaired) electrons. The maximum Gasteiger partial charge on any atom is 0.122 e. The van der Waals surface area contributed by atoms with Crippen molar-refractivity contribution >= 4 is 15.9 Å². The van der Waals surface area contributed by atoms with Crippen LogP contribution in [-0.4, -0.2) is 10.6 Å². The molecule has 0 aromatic heterocycles. The van der Waals surface area contributed by atoms with E-state index in [1.165, 1.54) is 0 Å². The molecule has 1 aromatic rings. The molecule has 2 rings (SSSR count). The smallest absolute Gasteiger partial charge is 0.122 e. The van der Waals surface area contributed by atoms with Crippen molar-refractivity contribution in [1.82, 2.24) is 0 Å². The van der Waals surface area contributed by atoms with Crippen LogP contribution in [0.5, 0.6) is 5.75 Å². The number of benzene rings is 1. The summed E-state index contributed by atoms with van der Waals surface area (Å²) in [6.45, 7) is 1.90. The van der Waals surface area contributed by atoms with Crippen molar-refractivity contribution in [3.63, 3.8) is 0 Å². The number of phenols is 1. The molecule has 76 valence electrons. The van der Waals surface area contributed by atoms with E-state index < -0.39 is 0 Å². The van der Waals surface area contributed by atoms with Crippen molar-refractivity contribution in [1.29, 1.82) is 0 Å². The van der Waals surface area contributed by atoms with Crippen molar-refractivity contribution in [3.8, 4) is 5.75 Å². The first-order valence-electron chi connectivity index (χ1n) is 4.78. The standard InChI is InChI=1S/C11H14BrNO/c1-7-2-3-9(12)8(10(7)14)6-11(13)4-5-11/h2-3,14H,4-6,13H2,1H3. The van der Waals surface area contributed by atoms with Gasteiger partial charge in [-0.2, -0.15) is 0 Å². The average molecular weight is 256 g/mol. The summed E-state index contributed by atoms with van der Waals surface area (Å²) in [4.78, 5) is 0. The number of aryl methyl sites for hydroxylation is 1. The van der Waals surface area contributed by atoms with Crippen molar-refractivity contribution in [3.05, 3.63) is 27.7 Å². The molecule has 1 fully saturated rings. The summed E-state index contributed by atoms with van der Waals surface area (Å²) in [5.74, 6) is 0.385. The van der Waals surface area contributed by atoms with E-state index in [0.29, 0.717) is 5.75 Å². The molecule has 2 nitrogen and oxygen atoms in total. The molecule has 0 unspecified atom stereocenters.